The number of carbonyl (C=O) groups is 4. The average Bonchev–Trinajstić information content (AvgIpc) is 2.67. The molecule has 2 aromatic carbocycles. The van der Waals surface area contributed by atoms with Crippen molar-refractivity contribution in [2.24, 2.45) is 0 Å². The lowest BCUT2D eigenvalue weighted by molar-refractivity contribution is -0.147. The summed E-state index contributed by atoms with van der Waals surface area (Å²) in [6.07, 6.45) is 0.475. The summed E-state index contributed by atoms with van der Waals surface area (Å²) in [5, 5.41) is 5.35. The first-order valence-electron chi connectivity index (χ1n) is 9.26. The number of rotatable bonds is 9. The number of hydrogen-bond donors (Lipinski definition) is 2. The van der Waals surface area contributed by atoms with Gasteiger partial charge in [0.1, 0.15) is 0 Å². The van der Waals surface area contributed by atoms with Crippen LogP contribution in [-0.2, 0) is 19.1 Å². The second-order valence-corrected chi connectivity index (χ2v) is 6.61. The quantitative estimate of drug-likeness (QED) is 0.499. The highest BCUT2D eigenvalue weighted by molar-refractivity contribution is 5.96. The Morgan fingerprint density at radius 1 is 0.862 bits per heavy atom. The molecule has 0 spiro atoms. The highest BCUT2D eigenvalue weighted by Crippen LogP contribution is 2.11. The van der Waals surface area contributed by atoms with Crippen LogP contribution >= 0.6 is 0 Å². The molecule has 0 radical (unpaired) electrons. The van der Waals surface area contributed by atoms with Gasteiger partial charge >= 0.3 is 5.97 Å². The van der Waals surface area contributed by atoms with Crippen molar-refractivity contribution in [2.75, 3.05) is 17.2 Å². The van der Waals surface area contributed by atoms with E-state index >= 15 is 0 Å². The van der Waals surface area contributed by atoms with E-state index in [4.69, 9.17) is 4.74 Å². The van der Waals surface area contributed by atoms with Gasteiger partial charge in [0.15, 0.2) is 12.4 Å². The first-order chi connectivity index (χ1) is 13.8. The summed E-state index contributed by atoms with van der Waals surface area (Å²) >= 11 is 0. The van der Waals surface area contributed by atoms with Crippen molar-refractivity contribution in [3.63, 3.8) is 0 Å². The van der Waals surface area contributed by atoms with Crippen molar-refractivity contribution in [1.29, 1.82) is 0 Å². The number of hydrogen-bond acceptors (Lipinski definition) is 5. The lowest BCUT2D eigenvalue weighted by Crippen LogP contribution is -2.21. The van der Waals surface area contributed by atoms with Crippen LogP contribution in [0.15, 0.2) is 48.5 Å². The predicted octanol–water partition coefficient (Wildman–Crippen LogP) is 3.49. The molecular weight excluding hydrogens is 372 g/mol. The third-order valence-electron chi connectivity index (χ3n) is 4.03. The molecule has 29 heavy (non-hydrogen) atoms. The minimum atomic E-state index is -0.539. The van der Waals surface area contributed by atoms with E-state index in [1.54, 1.807) is 30.3 Å². The second kappa shape index (κ2) is 10.8. The SMILES string of the molecule is CC(=O)c1ccc(NC(=O)CCCC(=O)OCC(=O)Nc2cccc(C)c2)cc1. The number of carbonyl (C=O) groups excluding carboxylic acids is 4. The Balaban J connectivity index is 1.64. The van der Waals surface area contributed by atoms with E-state index in [-0.39, 0.29) is 31.1 Å². The zero-order valence-electron chi connectivity index (χ0n) is 16.5. The summed E-state index contributed by atoms with van der Waals surface area (Å²) < 4.78 is 4.93. The molecule has 0 aliphatic heterocycles. The molecule has 0 unspecified atom stereocenters. The Labute approximate surface area is 169 Å². The van der Waals surface area contributed by atoms with Gasteiger partial charge in [0.25, 0.3) is 5.91 Å². The van der Waals surface area contributed by atoms with E-state index in [0.29, 0.717) is 23.4 Å². The normalized spacial score (nSPS) is 10.1. The molecule has 0 atom stereocenters. The van der Waals surface area contributed by atoms with Gasteiger partial charge in [0.05, 0.1) is 0 Å². The van der Waals surface area contributed by atoms with Crippen molar-refractivity contribution in [2.45, 2.75) is 33.1 Å². The Morgan fingerprint density at radius 2 is 1.55 bits per heavy atom. The molecular formula is C22H24N2O5. The van der Waals surface area contributed by atoms with E-state index in [1.165, 1.54) is 6.92 Å². The smallest absolute Gasteiger partial charge is 0.306 e. The summed E-state index contributed by atoms with van der Waals surface area (Å²) in [6.45, 7) is 3.01. The lowest BCUT2D eigenvalue weighted by Gasteiger charge is -2.08. The topological polar surface area (TPSA) is 102 Å². The molecule has 2 aromatic rings. The van der Waals surface area contributed by atoms with Crippen LogP contribution in [0.25, 0.3) is 0 Å². The van der Waals surface area contributed by atoms with Crippen LogP contribution in [0.3, 0.4) is 0 Å². The van der Waals surface area contributed by atoms with E-state index in [0.717, 1.165) is 5.56 Å². The maximum atomic E-state index is 11.9. The van der Waals surface area contributed by atoms with Crippen LogP contribution in [0.4, 0.5) is 11.4 Å². The van der Waals surface area contributed by atoms with Gasteiger partial charge in [-0.25, -0.2) is 0 Å². The van der Waals surface area contributed by atoms with Gasteiger partial charge in [-0.1, -0.05) is 12.1 Å². The van der Waals surface area contributed by atoms with Gasteiger partial charge in [0, 0.05) is 29.8 Å². The number of aryl methyl sites for hydroxylation is 1. The number of amides is 2. The van der Waals surface area contributed by atoms with E-state index in [2.05, 4.69) is 10.6 Å². The van der Waals surface area contributed by atoms with Gasteiger partial charge in [-0.05, 0) is 62.2 Å². The van der Waals surface area contributed by atoms with Gasteiger partial charge in [0.2, 0.25) is 5.91 Å². The van der Waals surface area contributed by atoms with Crippen LogP contribution in [0.2, 0.25) is 0 Å². The monoisotopic (exact) mass is 396 g/mol. The number of nitrogens with one attached hydrogen (secondary N) is 2. The number of ketones is 1. The molecule has 0 aliphatic rings. The molecule has 7 nitrogen and oxygen atoms in total. The summed E-state index contributed by atoms with van der Waals surface area (Å²) in [4.78, 5) is 46.7. The van der Waals surface area contributed by atoms with Gasteiger partial charge in [-0.2, -0.15) is 0 Å². The summed E-state index contributed by atoms with van der Waals surface area (Å²) in [6, 6.07) is 13.9. The largest absolute Gasteiger partial charge is 0.456 e. The Bertz CT molecular complexity index is 890. The maximum Gasteiger partial charge on any atom is 0.306 e. The van der Waals surface area contributed by atoms with Crippen molar-refractivity contribution < 1.29 is 23.9 Å². The van der Waals surface area contributed by atoms with Crippen molar-refractivity contribution in [3.8, 4) is 0 Å². The van der Waals surface area contributed by atoms with Gasteiger partial charge in [-0.15, -0.1) is 0 Å². The molecule has 0 saturated heterocycles. The first-order valence-corrected chi connectivity index (χ1v) is 9.26. The Kier molecular flexibility index (Phi) is 8.09. The third-order valence-corrected chi connectivity index (χ3v) is 4.03. The van der Waals surface area contributed by atoms with Crippen LogP contribution in [0, 0.1) is 6.92 Å². The third kappa shape index (κ3) is 7.96. The molecule has 2 N–H and O–H groups in total. The summed E-state index contributed by atoms with van der Waals surface area (Å²) in [5.41, 5.74) is 2.79. The molecule has 0 heterocycles. The fourth-order valence-electron chi connectivity index (χ4n) is 2.54. The number of esters is 1. The highest BCUT2D eigenvalue weighted by Gasteiger charge is 2.10. The molecule has 0 aliphatic carbocycles. The van der Waals surface area contributed by atoms with E-state index in [9.17, 15) is 19.2 Å². The van der Waals surface area contributed by atoms with E-state index in [1.807, 2.05) is 25.1 Å². The Morgan fingerprint density at radius 3 is 2.21 bits per heavy atom. The number of ether oxygens (including phenoxy) is 1. The highest BCUT2D eigenvalue weighted by atomic mass is 16.5. The molecule has 0 fully saturated rings. The minimum Gasteiger partial charge on any atom is -0.456 e. The molecule has 2 amide bonds. The standard InChI is InChI=1S/C22H24N2O5/c1-15-5-3-6-19(13-15)24-21(27)14-29-22(28)8-4-7-20(26)23-18-11-9-17(10-12-18)16(2)25/h3,5-6,9-13H,4,7-8,14H2,1-2H3,(H,23,26)(H,24,27). The van der Waals surface area contributed by atoms with E-state index < -0.39 is 11.9 Å². The zero-order valence-corrected chi connectivity index (χ0v) is 16.5. The molecule has 7 heteroatoms. The van der Waals surface area contributed by atoms with Gasteiger partial charge in [-0.3, -0.25) is 19.2 Å². The van der Waals surface area contributed by atoms with Crippen molar-refractivity contribution in [3.05, 3.63) is 59.7 Å². The minimum absolute atomic E-state index is 0.0361. The van der Waals surface area contributed by atoms with Crippen LogP contribution < -0.4 is 10.6 Å². The van der Waals surface area contributed by atoms with Crippen LogP contribution in [-0.4, -0.2) is 30.2 Å². The van der Waals surface area contributed by atoms with Gasteiger partial charge < -0.3 is 15.4 Å². The van der Waals surface area contributed by atoms with Crippen molar-refractivity contribution in [1.82, 2.24) is 0 Å². The number of benzene rings is 2. The molecule has 0 aromatic heterocycles. The molecule has 0 bridgehead atoms. The number of anilines is 2. The average molecular weight is 396 g/mol. The fraction of sp³-hybridized carbons (Fsp3) is 0.273. The lowest BCUT2D eigenvalue weighted by atomic mass is 10.1. The summed E-state index contributed by atoms with van der Waals surface area (Å²) in [7, 11) is 0. The molecule has 152 valence electrons. The van der Waals surface area contributed by atoms with Crippen molar-refractivity contribution >= 4 is 34.9 Å². The number of Topliss-reactive ketones (excluding diaryl/α,β-unsaturated/α-hetero) is 1. The second-order valence-electron chi connectivity index (χ2n) is 6.61. The predicted molar refractivity (Wildman–Crippen MR) is 110 cm³/mol. The molecule has 2 rings (SSSR count). The summed E-state index contributed by atoms with van der Waals surface area (Å²) in [5.74, 6) is -1.25. The van der Waals surface area contributed by atoms with Crippen LogP contribution in [0.1, 0.15) is 42.1 Å². The fourth-order valence-corrected chi connectivity index (χ4v) is 2.54. The zero-order chi connectivity index (χ0) is 21.2. The Hall–Kier alpha value is -3.48. The molecule has 0 saturated carbocycles. The first kappa shape index (κ1) is 21.8. The maximum absolute atomic E-state index is 11.9. The van der Waals surface area contributed by atoms with Crippen LogP contribution in [0.5, 0.6) is 0 Å².